The van der Waals surface area contributed by atoms with Gasteiger partial charge in [0.25, 0.3) is 5.89 Å². The second-order valence-electron chi connectivity index (χ2n) is 8.27. The molecule has 0 saturated carbocycles. The van der Waals surface area contributed by atoms with Gasteiger partial charge in [-0.25, -0.2) is 0 Å². The maximum absolute atomic E-state index is 6.02. The standard InChI is InChI=1S/C27H22N4O3/c1-15-22-13-28-11-10-20(22)16(2)26-25(15)21-12-19(8-9-23(21)29-26)33-14-24-30-31-27(34-24)17-4-6-18(32-3)7-5-17/h4-13,29H,14H2,1-3H3. The van der Waals surface area contributed by atoms with E-state index >= 15 is 0 Å². The van der Waals surface area contributed by atoms with Crippen molar-refractivity contribution in [3.8, 4) is 23.0 Å². The van der Waals surface area contributed by atoms with Crippen LogP contribution in [0.3, 0.4) is 0 Å². The van der Waals surface area contributed by atoms with Gasteiger partial charge in [0.05, 0.1) is 12.6 Å². The summed E-state index contributed by atoms with van der Waals surface area (Å²) in [6.07, 6.45) is 3.78. The van der Waals surface area contributed by atoms with Gasteiger partial charge in [-0.1, -0.05) is 0 Å². The molecule has 3 aromatic carbocycles. The summed E-state index contributed by atoms with van der Waals surface area (Å²) in [5, 5.41) is 13.0. The van der Waals surface area contributed by atoms with E-state index in [9.17, 15) is 0 Å². The van der Waals surface area contributed by atoms with Crippen LogP contribution < -0.4 is 9.47 Å². The number of H-pyrrole nitrogens is 1. The number of aromatic amines is 1. The summed E-state index contributed by atoms with van der Waals surface area (Å²) in [7, 11) is 1.63. The molecule has 0 radical (unpaired) electrons. The zero-order chi connectivity index (χ0) is 23.2. The van der Waals surface area contributed by atoms with Crippen molar-refractivity contribution in [3.05, 3.63) is 77.9 Å². The van der Waals surface area contributed by atoms with E-state index in [2.05, 4.69) is 46.1 Å². The maximum atomic E-state index is 6.02. The van der Waals surface area contributed by atoms with Crippen molar-refractivity contribution in [1.29, 1.82) is 0 Å². The van der Waals surface area contributed by atoms with Crippen LogP contribution >= 0.6 is 0 Å². The molecular formula is C27H22N4O3. The van der Waals surface area contributed by atoms with Gasteiger partial charge in [-0.05, 0) is 78.9 Å². The van der Waals surface area contributed by atoms with Crippen LogP contribution in [0.4, 0.5) is 0 Å². The number of methoxy groups -OCH3 is 1. The van der Waals surface area contributed by atoms with E-state index < -0.39 is 0 Å². The van der Waals surface area contributed by atoms with Crippen LogP contribution in [0.15, 0.2) is 65.3 Å². The van der Waals surface area contributed by atoms with Gasteiger partial charge in [-0.2, -0.15) is 0 Å². The number of nitrogens with one attached hydrogen (secondary N) is 1. The molecule has 34 heavy (non-hydrogen) atoms. The maximum Gasteiger partial charge on any atom is 0.254 e. The highest BCUT2D eigenvalue weighted by Crippen LogP contribution is 2.37. The largest absolute Gasteiger partial charge is 0.497 e. The molecule has 7 nitrogen and oxygen atoms in total. The summed E-state index contributed by atoms with van der Waals surface area (Å²) in [6.45, 7) is 4.47. The Morgan fingerprint density at radius 1 is 0.882 bits per heavy atom. The summed E-state index contributed by atoms with van der Waals surface area (Å²) >= 11 is 0. The van der Waals surface area contributed by atoms with E-state index in [0.717, 1.165) is 38.9 Å². The second kappa shape index (κ2) is 7.88. The van der Waals surface area contributed by atoms with E-state index in [0.29, 0.717) is 11.8 Å². The molecule has 6 aromatic rings. The molecule has 0 fully saturated rings. The molecule has 0 unspecified atom stereocenters. The Balaban J connectivity index is 1.31. The first kappa shape index (κ1) is 20.2. The van der Waals surface area contributed by atoms with Crippen LogP contribution in [-0.2, 0) is 6.61 Å². The first-order valence-electron chi connectivity index (χ1n) is 11.0. The first-order chi connectivity index (χ1) is 16.6. The van der Waals surface area contributed by atoms with Crippen molar-refractivity contribution >= 4 is 32.6 Å². The SMILES string of the molecule is COc1ccc(-c2nnc(COc3ccc4[nH]c5c(C)c6ccncc6c(C)c5c4c3)o2)cc1. The summed E-state index contributed by atoms with van der Waals surface area (Å²) in [4.78, 5) is 7.92. The van der Waals surface area contributed by atoms with Crippen LogP contribution in [0, 0.1) is 13.8 Å². The first-order valence-corrected chi connectivity index (χ1v) is 11.0. The molecule has 1 N–H and O–H groups in total. The topological polar surface area (TPSA) is 86.1 Å². The van der Waals surface area contributed by atoms with Crippen LogP contribution in [-0.4, -0.2) is 27.3 Å². The number of aromatic nitrogens is 4. The normalized spacial score (nSPS) is 11.5. The lowest BCUT2D eigenvalue weighted by molar-refractivity contribution is 0.265. The van der Waals surface area contributed by atoms with Crippen LogP contribution in [0.25, 0.3) is 44.0 Å². The Kier molecular flexibility index (Phi) is 4.69. The molecule has 0 aliphatic rings. The number of rotatable bonds is 5. The van der Waals surface area contributed by atoms with Gasteiger partial charge in [0.15, 0.2) is 6.61 Å². The molecule has 0 spiro atoms. The van der Waals surface area contributed by atoms with Gasteiger partial charge in [0.2, 0.25) is 5.89 Å². The molecule has 168 valence electrons. The predicted molar refractivity (Wildman–Crippen MR) is 131 cm³/mol. The van der Waals surface area contributed by atoms with E-state index in [1.54, 1.807) is 7.11 Å². The number of ether oxygens (including phenoxy) is 2. The third kappa shape index (κ3) is 3.25. The van der Waals surface area contributed by atoms with Crippen LogP contribution in [0.2, 0.25) is 0 Å². The number of pyridine rings is 1. The number of benzene rings is 3. The van der Waals surface area contributed by atoms with E-state index in [1.807, 2.05) is 48.8 Å². The molecule has 6 rings (SSSR count). The molecule has 0 aliphatic carbocycles. The fourth-order valence-electron chi connectivity index (χ4n) is 4.53. The highest BCUT2D eigenvalue weighted by Gasteiger charge is 2.15. The Labute approximate surface area is 195 Å². The molecular weight excluding hydrogens is 428 g/mol. The van der Waals surface area contributed by atoms with E-state index in [4.69, 9.17) is 13.9 Å². The van der Waals surface area contributed by atoms with Crippen molar-refractivity contribution in [1.82, 2.24) is 20.2 Å². The van der Waals surface area contributed by atoms with Gasteiger partial charge in [0.1, 0.15) is 11.5 Å². The minimum Gasteiger partial charge on any atom is -0.497 e. The molecule has 0 saturated heterocycles. The monoisotopic (exact) mass is 450 g/mol. The smallest absolute Gasteiger partial charge is 0.254 e. The Morgan fingerprint density at radius 3 is 2.53 bits per heavy atom. The molecule has 0 aliphatic heterocycles. The van der Waals surface area contributed by atoms with Crippen molar-refractivity contribution in [2.75, 3.05) is 7.11 Å². The predicted octanol–water partition coefficient (Wildman–Crippen LogP) is 6.12. The minimum atomic E-state index is 0.182. The number of fused-ring (bicyclic) bond motifs is 4. The van der Waals surface area contributed by atoms with Crippen molar-refractivity contribution in [2.24, 2.45) is 0 Å². The average molecular weight is 450 g/mol. The lowest BCUT2D eigenvalue weighted by atomic mass is 9.97. The molecule has 7 heteroatoms. The lowest BCUT2D eigenvalue weighted by Crippen LogP contribution is -1.95. The Morgan fingerprint density at radius 2 is 1.71 bits per heavy atom. The average Bonchev–Trinajstić information content (AvgIpc) is 3.51. The highest BCUT2D eigenvalue weighted by atomic mass is 16.5. The molecule has 3 aromatic heterocycles. The summed E-state index contributed by atoms with van der Waals surface area (Å²) in [6, 6.07) is 15.6. The molecule has 0 amide bonds. The minimum absolute atomic E-state index is 0.182. The van der Waals surface area contributed by atoms with Gasteiger partial charge in [0, 0.05) is 39.6 Å². The molecule has 0 atom stereocenters. The van der Waals surface area contributed by atoms with Crippen LogP contribution in [0.5, 0.6) is 11.5 Å². The second-order valence-corrected chi connectivity index (χ2v) is 8.27. The number of hydrogen-bond acceptors (Lipinski definition) is 6. The lowest BCUT2D eigenvalue weighted by Gasteiger charge is -2.08. The summed E-state index contributed by atoms with van der Waals surface area (Å²) in [5.74, 6) is 2.36. The van der Waals surface area contributed by atoms with Gasteiger partial charge in [-0.15, -0.1) is 10.2 Å². The molecule has 3 heterocycles. The van der Waals surface area contributed by atoms with Crippen molar-refractivity contribution in [3.63, 3.8) is 0 Å². The quantitative estimate of drug-likeness (QED) is 0.340. The Bertz CT molecular complexity index is 1670. The fraction of sp³-hybridized carbons (Fsp3) is 0.148. The van der Waals surface area contributed by atoms with Crippen molar-refractivity contribution < 1.29 is 13.9 Å². The zero-order valence-corrected chi connectivity index (χ0v) is 19.0. The van der Waals surface area contributed by atoms with Crippen molar-refractivity contribution in [2.45, 2.75) is 20.5 Å². The van der Waals surface area contributed by atoms with E-state index in [1.165, 1.54) is 21.9 Å². The number of aryl methyl sites for hydroxylation is 2. The number of hydrogen-bond donors (Lipinski definition) is 1. The van der Waals surface area contributed by atoms with Gasteiger partial charge < -0.3 is 18.9 Å². The summed E-state index contributed by atoms with van der Waals surface area (Å²) < 4.78 is 17.0. The van der Waals surface area contributed by atoms with Gasteiger partial charge >= 0.3 is 0 Å². The number of nitrogens with zero attached hydrogens (tertiary/aromatic N) is 3. The molecule has 0 bridgehead atoms. The van der Waals surface area contributed by atoms with E-state index in [-0.39, 0.29) is 6.61 Å². The third-order valence-electron chi connectivity index (χ3n) is 6.32. The summed E-state index contributed by atoms with van der Waals surface area (Å²) in [5.41, 5.74) is 5.45. The van der Waals surface area contributed by atoms with Gasteiger partial charge in [-0.3, -0.25) is 4.98 Å². The highest BCUT2D eigenvalue weighted by molar-refractivity contribution is 6.16. The zero-order valence-electron chi connectivity index (χ0n) is 19.0. The van der Waals surface area contributed by atoms with Crippen LogP contribution in [0.1, 0.15) is 17.0 Å². The fourth-order valence-corrected chi connectivity index (χ4v) is 4.53. The third-order valence-corrected chi connectivity index (χ3v) is 6.32. The Hall–Kier alpha value is -4.39.